The van der Waals surface area contributed by atoms with Crippen LogP contribution in [0, 0.1) is 19.8 Å². The molecule has 0 heterocycles. The Morgan fingerprint density at radius 3 is 2.25 bits per heavy atom. The van der Waals surface area contributed by atoms with Crippen LogP contribution in [0.1, 0.15) is 44.7 Å². The van der Waals surface area contributed by atoms with Gasteiger partial charge in [0.1, 0.15) is 0 Å². The average Bonchev–Trinajstić information content (AvgIpc) is 2.30. The van der Waals surface area contributed by atoms with Gasteiger partial charge in [-0.05, 0) is 62.8 Å². The first-order chi connectivity index (χ1) is 9.11. The summed E-state index contributed by atoms with van der Waals surface area (Å²) in [6.45, 7) is 10.4. The molecular weight excluding hydrogens is 272 g/mol. The van der Waals surface area contributed by atoms with Crippen LogP contribution in [0.2, 0.25) is 0 Å². The van der Waals surface area contributed by atoms with Crippen molar-refractivity contribution in [2.75, 3.05) is 5.32 Å². The van der Waals surface area contributed by atoms with Crippen molar-refractivity contribution in [1.29, 1.82) is 0 Å². The zero-order valence-electron chi connectivity index (χ0n) is 13.0. The number of anilines is 1. The van der Waals surface area contributed by atoms with Gasteiger partial charge in [0.15, 0.2) is 0 Å². The molecule has 0 saturated heterocycles. The van der Waals surface area contributed by atoms with Crippen LogP contribution < -0.4 is 10.5 Å². The second-order valence-electron chi connectivity index (χ2n) is 5.97. The molecule has 0 spiro atoms. The Hall–Kier alpha value is -1.07. The Morgan fingerprint density at radius 2 is 1.75 bits per heavy atom. The molecule has 0 aliphatic carbocycles. The lowest BCUT2D eigenvalue weighted by Crippen LogP contribution is -2.18. The molecule has 0 saturated carbocycles. The molecule has 1 aromatic rings. The van der Waals surface area contributed by atoms with E-state index in [2.05, 4.69) is 26.1 Å². The molecule has 0 amide bonds. The quantitative estimate of drug-likeness (QED) is 0.847. The maximum Gasteiger partial charge on any atom is 0.238 e. The van der Waals surface area contributed by atoms with Gasteiger partial charge in [-0.3, -0.25) is 0 Å². The van der Waals surface area contributed by atoms with E-state index in [1.165, 1.54) is 0 Å². The van der Waals surface area contributed by atoms with E-state index < -0.39 is 10.0 Å². The van der Waals surface area contributed by atoms with Crippen LogP contribution in [0.25, 0.3) is 0 Å². The minimum Gasteiger partial charge on any atom is -0.382 e. The van der Waals surface area contributed by atoms with Crippen LogP contribution in [-0.2, 0) is 10.0 Å². The van der Waals surface area contributed by atoms with E-state index in [-0.39, 0.29) is 4.90 Å². The SMILES string of the molecule is Cc1cc(S(N)(=O)=O)cc(NC(C)CCC(C)C)c1C. The van der Waals surface area contributed by atoms with Gasteiger partial charge in [0.05, 0.1) is 4.90 Å². The van der Waals surface area contributed by atoms with E-state index in [0.717, 1.165) is 29.7 Å². The lowest BCUT2D eigenvalue weighted by molar-refractivity contribution is 0.527. The molecule has 1 atom stereocenters. The molecule has 0 aromatic heterocycles. The van der Waals surface area contributed by atoms with Crippen molar-refractivity contribution in [3.05, 3.63) is 23.3 Å². The predicted octanol–water partition coefficient (Wildman–Crippen LogP) is 3.19. The summed E-state index contributed by atoms with van der Waals surface area (Å²) in [7, 11) is -3.67. The minimum absolute atomic E-state index is 0.166. The third-order valence-corrected chi connectivity index (χ3v) is 4.44. The lowest BCUT2D eigenvalue weighted by Gasteiger charge is -2.19. The second-order valence-corrected chi connectivity index (χ2v) is 7.54. The van der Waals surface area contributed by atoms with Gasteiger partial charge in [-0.15, -0.1) is 0 Å². The van der Waals surface area contributed by atoms with E-state index in [1.54, 1.807) is 12.1 Å². The van der Waals surface area contributed by atoms with Gasteiger partial charge in [-0.25, -0.2) is 13.6 Å². The van der Waals surface area contributed by atoms with E-state index in [9.17, 15) is 8.42 Å². The highest BCUT2D eigenvalue weighted by atomic mass is 32.2. The Balaban J connectivity index is 2.97. The van der Waals surface area contributed by atoms with E-state index in [0.29, 0.717) is 12.0 Å². The average molecular weight is 298 g/mol. The first kappa shape index (κ1) is 17.0. The van der Waals surface area contributed by atoms with Crippen LogP contribution in [0.4, 0.5) is 5.69 Å². The zero-order valence-corrected chi connectivity index (χ0v) is 13.8. The molecule has 0 aliphatic rings. The molecule has 4 nitrogen and oxygen atoms in total. The van der Waals surface area contributed by atoms with Crippen molar-refractivity contribution < 1.29 is 8.42 Å². The number of hydrogen-bond donors (Lipinski definition) is 2. The maximum absolute atomic E-state index is 11.5. The zero-order chi connectivity index (χ0) is 15.5. The Labute approximate surface area is 122 Å². The minimum atomic E-state index is -3.67. The van der Waals surface area contributed by atoms with Crippen molar-refractivity contribution in [2.45, 2.75) is 58.4 Å². The molecule has 0 radical (unpaired) electrons. The summed E-state index contributed by atoms with van der Waals surface area (Å²) in [6.07, 6.45) is 2.19. The van der Waals surface area contributed by atoms with E-state index >= 15 is 0 Å². The number of aryl methyl sites for hydroxylation is 1. The highest BCUT2D eigenvalue weighted by Gasteiger charge is 2.14. The number of nitrogens with two attached hydrogens (primary N) is 1. The van der Waals surface area contributed by atoms with E-state index in [4.69, 9.17) is 5.14 Å². The number of hydrogen-bond acceptors (Lipinski definition) is 3. The van der Waals surface area contributed by atoms with E-state index in [1.807, 2.05) is 13.8 Å². The van der Waals surface area contributed by atoms with Crippen LogP contribution in [0.5, 0.6) is 0 Å². The number of nitrogens with one attached hydrogen (secondary N) is 1. The van der Waals surface area contributed by atoms with Crippen molar-refractivity contribution in [1.82, 2.24) is 0 Å². The largest absolute Gasteiger partial charge is 0.382 e. The number of benzene rings is 1. The van der Waals surface area contributed by atoms with Crippen molar-refractivity contribution in [3.63, 3.8) is 0 Å². The molecule has 1 unspecified atom stereocenters. The molecule has 3 N–H and O–H groups in total. The lowest BCUT2D eigenvalue weighted by atomic mass is 10.0. The highest BCUT2D eigenvalue weighted by Crippen LogP contribution is 2.25. The smallest absolute Gasteiger partial charge is 0.238 e. The predicted molar refractivity (Wildman–Crippen MR) is 84.4 cm³/mol. The molecule has 1 rings (SSSR count). The highest BCUT2D eigenvalue weighted by molar-refractivity contribution is 7.89. The first-order valence-electron chi connectivity index (χ1n) is 7.02. The first-order valence-corrected chi connectivity index (χ1v) is 8.56. The fraction of sp³-hybridized carbons (Fsp3) is 0.600. The summed E-state index contributed by atoms with van der Waals surface area (Å²) >= 11 is 0. The molecule has 5 heteroatoms. The van der Waals surface area contributed by atoms with Gasteiger partial charge in [-0.2, -0.15) is 0 Å². The van der Waals surface area contributed by atoms with Crippen molar-refractivity contribution in [3.8, 4) is 0 Å². The Bertz CT molecular complexity index is 565. The van der Waals surface area contributed by atoms with Crippen molar-refractivity contribution >= 4 is 15.7 Å². The summed E-state index contributed by atoms with van der Waals surface area (Å²) in [4.78, 5) is 0.166. The van der Waals surface area contributed by atoms with Gasteiger partial charge >= 0.3 is 0 Å². The van der Waals surface area contributed by atoms with Crippen molar-refractivity contribution in [2.24, 2.45) is 11.1 Å². The van der Waals surface area contributed by atoms with Crippen LogP contribution in [0.3, 0.4) is 0 Å². The number of rotatable bonds is 6. The van der Waals surface area contributed by atoms with Gasteiger partial charge in [0.25, 0.3) is 0 Å². The molecule has 0 fully saturated rings. The molecule has 1 aromatic carbocycles. The van der Waals surface area contributed by atoms with Gasteiger partial charge in [-0.1, -0.05) is 13.8 Å². The summed E-state index contributed by atoms with van der Waals surface area (Å²) in [5.41, 5.74) is 2.84. The molecule has 0 aliphatic heterocycles. The fourth-order valence-corrected chi connectivity index (χ4v) is 2.68. The number of primary sulfonamides is 1. The van der Waals surface area contributed by atoms with Crippen LogP contribution in [0.15, 0.2) is 17.0 Å². The number of sulfonamides is 1. The van der Waals surface area contributed by atoms with Gasteiger partial charge < -0.3 is 5.32 Å². The van der Waals surface area contributed by atoms with Crippen LogP contribution in [-0.4, -0.2) is 14.5 Å². The molecule has 0 bridgehead atoms. The molecule has 20 heavy (non-hydrogen) atoms. The third kappa shape index (κ3) is 4.80. The maximum atomic E-state index is 11.5. The summed E-state index contributed by atoms with van der Waals surface area (Å²) in [5.74, 6) is 0.665. The third-order valence-electron chi connectivity index (χ3n) is 3.55. The molecular formula is C15H26N2O2S. The van der Waals surface area contributed by atoms with Gasteiger partial charge in [0, 0.05) is 11.7 Å². The Morgan fingerprint density at radius 1 is 1.15 bits per heavy atom. The Kier molecular flexibility index (Phi) is 5.59. The summed E-state index contributed by atoms with van der Waals surface area (Å²) in [6, 6.07) is 3.55. The van der Waals surface area contributed by atoms with Gasteiger partial charge in [0.2, 0.25) is 10.0 Å². The topological polar surface area (TPSA) is 72.2 Å². The fourth-order valence-electron chi connectivity index (χ4n) is 2.06. The standard InChI is InChI=1S/C15H26N2O2S/c1-10(2)6-7-12(4)17-15-9-14(20(16,18)19)8-11(3)13(15)5/h8-10,12,17H,6-7H2,1-5H3,(H2,16,18,19). The summed E-state index contributed by atoms with van der Waals surface area (Å²) in [5, 5.41) is 8.62. The van der Waals surface area contributed by atoms with Crippen LogP contribution >= 0.6 is 0 Å². The normalized spacial score (nSPS) is 13.6. The monoisotopic (exact) mass is 298 g/mol. The molecule has 114 valence electrons. The summed E-state index contributed by atoms with van der Waals surface area (Å²) < 4.78 is 23.0. The second kappa shape index (κ2) is 6.59.